The van der Waals surface area contributed by atoms with Crippen LogP contribution < -0.4 is 5.32 Å². The van der Waals surface area contributed by atoms with Crippen molar-refractivity contribution < 1.29 is 15.0 Å². The van der Waals surface area contributed by atoms with E-state index >= 15 is 0 Å². The Kier molecular flexibility index (Phi) is 45.8. The summed E-state index contributed by atoms with van der Waals surface area (Å²) < 4.78 is 0. The lowest BCUT2D eigenvalue weighted by atomic mass is 10.0. The molecular formula is C50H99NO3. The average Bonchev–Trinajstić information content (AvgIpc) is 3.18. The highest BCUT2D eigenvalue weighted by atomic mass is 16.3. The van der Waals surface area contributed by atoms with Crippen LogP contribution in [0.15, 0.2) is 12.2 Å². The number of aliphatic hydroxyl groups is 2. The minimum atomic E-state index is -0.834. The summed E-state index contributed by atoms with van der Waals surface area (Å²) in [6.45, 7) is 4.34. The molecule has 0 aliphatic heterocycles. The Balaban J connectivity index is 3.44. The fourth-order valence-electron chi connectivity index (χ4n) is 7.95. The molecule has 2 atom stereocenters. The summed E-state index contributed by atoms with van der Waals surface area (Å²) in [4.78, 5) is 12.4. The molecule has 0 bridgehead atoms. The van der Waals surface area contributed by atoms with Crippen LogP contribution in [-0.4, -0.2) is 34.9 Å². The molecule has 0 radical (unpaired) electrons. The van der Waals surface area contributed by atoms with Crippen molar-refractivity contribution in [2.75, 3.05) is 6.61 Å². The van der Waals surface area contributed by atoms with Gasteiger partial charge in [0.15, 0.2) is 0 Å². The van der Waals surface area contributed by atoms with Gasteiger partial charge in [0.1, 0.15) is 0 Å². The number of hydrogen-bond donors (Lipinski definition) is 3. The lowest BCUT2D eigenvalue weighted by molar-refractivity contribution is -0.123. The smallest absolute Gasteiger partial charge is 0.220 e. The van der Waals surface area contributed by atoms with E-state index < -0.39 is 12.1 Å². The molecule has 0 aliphatic rings. The van der Waals surface area contributed by atoms with Crippen molar-refractivity contribution in [1.29, 1.82) is 0 Å². The zero-order valence-corrected chi connectivity index (χ0v) is 37.0. The van der Waals surface area contributed by atoms with Crippen LogP contribution >= 0.6 is 0 Å². The molecule has 322 valence electrons. The van der Waals surface area contributed by atoms with Gasteiger partial charge >= 0.3 is 0 Å². The van der Waals surface area contributed by atoms with Gasteiger partial charge < -0.3 is 15.5 Å². The summed E-state index contributed by atoms with van der Waals surface area (Å²) in [6.07, 6.45) is 59.2. The average molecular weight is 762 g/mol. The van der Waals surface area contributed by atoms with Crippen LogP contribution in [0.1, 0.15) is 284 Å². The standard InChI is InChI=1S/C50H99NO3/c1-3-5-7-9-11-13-15-17-19-20-21-22-23-24-25-26-27-28-29-30-32-34-36-38-40-42-44-46-50(54)51-48(47-52)49(53)45-43-41-39-37-35-33-31-18-16-14-12-10-8-6-4-2/h43,45,48-49,52-53H,3-42,44,46-47H2,1-2H3,(H,51,54)/b45-43+. The van der Waals surface area contributed by atoms with Crippen LogP contribution in [0.5, 0.6) is 0 Å². The van der Waals surface area contributed by atoms with Crippen LogP contribution in [0.25, 0.3) is 0 Å². The van der Waals surface area contributed by atoms with Gasteiger partial charge in [0.25, 0.3) is 0 Å². The number of hydrogen-bond acceptors (Lipinski definition) is 3. The molecular weight excluding hydrogens is 663 g/mol. The van der Waals surface area contributed by atoms with E-state index in [4.69, 9.17) is 0 Å². The zero-order chi connectivity index (χ0) is 39.3. The quantitative estimate of drug-likeness (QED) is 0.0427. The van der Waals surface area contributed by atoms with Crippen LogP contribution in [0, 0.1) is 0 Å². The molecule has 0 spiro atoms. The third-order valence-electron chi connectivity index (χ3n) is 11.8. The maximum atomic E-state index is 12.4. The van der Waals surface area contributed by atoms with Gasteiger partial charge in [-0.3, -0.25) is 4.79 Å². The van der Waals surface area contributed by atoms with Crippen LogP contribution in [0.3, 0.4) is 0 Å². The molecule has 0 aromatic carbocycles. The van der Waals surface area contributed by atoms with E-state index in [1.807, 2.05) is 6.08 Å². The van der Waals surface area contributed by atoms with Crippen LogP contribution in [-0.2, 0) is 4.79 Å². The molecule has 0 aromatic rings. The molecule has 4 heteroatoms. The summed E-state index contributed by atoms with van der Waals surface area (Å²) in [6, 6.07) is -0.616. The lowest BCUT2D eigenvalue weighted by Gasteiger charge is -2.20. The molecule has 0 heterocycles. The Morgan fingerprint density at radius 1 is 0.426 bits per heavy atom. The van der Waals surface area contributed by atoms with Crippen LogP contribution in [0.2, 0.25) is 0 Å². The monoisotopic (exact) mass is 762 g/mol. The largest absolute Gasteiger partial charge is 0.394 e. The first-order valence-corrected chi connectivity index (χ1v) is 24.9. The van der Waals surface area contributed by atoms with E-state index in [-0.39, 0.29) is 12.5 Å². The van der Waals surface area contributed by atoms with Gasteiger partial charge in [-0.1, -0.05) is 270 Å². The Labute approximate surface area is 339 Å². The summed E-state index contributed by atoms with van der Waals surface area (Å²) in [5.41, 5.74) is 0. The van der Waals surface area contributed by atoms with Crippen LogP contribution in [0.4, 0.5) is 0 Å². The van der Waals surface area contributed by atoms with Gasteiger partial charge in [0, 0.05) is 6.42 Å². The van der Waals surface area contributed by atoms with E-state index in [9.17, 15) is 15.0 Å². The number of carbonyl (C=O) groups is 1. The molecule has 4 nitrogen and oxygen atoms in total. The second-order valence-corrected chi connectivity index (χ2v) is 17.2. The predicted octanol–water partition coefficient (Wildman–Crippen LogP) is 15.8. The van der Waals surface area contributed by atoms with E-state index in [0.717, 1.165) is 25.7 Å². The number of amides is 1. The van der Waals surface area contributed by atoms with E-state index in [2.05, 4.69) is 19.2 Å². The second kappa shape index (κ2) is 46.5. The van der Waals surface area contributed by atoms with E-state index in [1.165, 1.54) is 238 Å². The maximum absolute atomic E-state index is 12.4. The third kappa shape index (κ3) is 42.3. The van der Waals surface area contributed by atoms with Crippen molar-refractivity contribution in [3.05, 3.63) is 12.2 Å². The topological polar surface area (TPSA) is 69.6 Å². The van der Waals surface area contributed by atoms with Gasteiger partial charge in [-0.15, -0.1) is 0 Å². The van der Waals surface area contributed by atoms with Gasteiger partial charge in [0.2, 0.25) is 5.91 Å². The Hall–Kier alpha value is -0.870. The number of allylic oxidation sites excluding steroid dienone is 1. The molecule has 0 fully saturated rings. The molecule has 54 heavy (non-hydrogen) atoms. The Bertz CT molecular complexity index is 739. The molecule has 0 saturated carbocycles. The lowest BCUT2D eigenvalue weighted by Crippen LogP contribution is -2.45. The van der Waals surface area contributed by atoms with Crippen molar-refractivity contribution in [3.8, 4) is 0 Å². The number of nitrogens with one attached hydrogen (secondary N) is 1. The summed E-state index contributed by atoms with van der Waals surface area (Å²) in [7, 11) is 0. The highest BCUT2D eigenvalue weighted by Gasteiger charge is 2.18. The van der Waals surface area contributed by atoms with E-state index in [0.29, 0.717) is 6.42 Å². The van der Waals surface area contributed by atoms with Gasteiger partial charge in [-0.05, 0) is 19.3 Å². The summed E-state index contributed by atoms with van der Waals surface area (Å²) in [5.74, 6) is -0.0578. The zero-order valence-electron chi connectivity index (χ0n) is 37.0. The SMILES string of the molecule is CCCCCCCCCCCCCCC/C=C/C(O)C(CO)NC(=O)CCCCCCCCCCCCCCCCCCCCCCCCCCCCC. The number of aliphatic hydroxyl groups excluding tert-OH is 2. The molecule has 0 saturated heterocycles. The molecule has 0 aliphatic carbocycles. The highest BCUT2D eigenvalue weighted by Crippen LogP contribution is 2.17. The fraction of sp³-hybridized carbons (Fsp3) is 0.940. The number of unbranched alkanes of at least 4 members (excludes halogenated alkanes) is 39. The van der Waals surface area contributed by atoms with Crippen molar-refractivity contribution >= 4 is 5.91 Å². The molecule has 0 rings (SSSR count). The predicted molar refractivity (Wildman–Crippen MR) is 239 cm³/mol. The van der Waals surface area contributed by atoms with E-state index in [1.54, 1.807) is 6.08 Å². The first-order valence-electron chi connectivity index (χ1n) is 24.9. The van der Waals surface area contributed by atoms with Gasteiger partial charge in [-0.2, -0.15) is 0 Å². The Morgan fingerprint density at radius 2 is 0.685 bits per heavy atom. The molecule has 1 amide bonds. The normalized spacial score (nSPS) is 12.9. The first kappa shape index (κ1) is 53.1. The summed E-state index contributed by atoms with van der Waals surface area (Å²) in [5, 5.41) is 23.1. The molecule has 0 aromatic heterocycles. The van der Waals surface area contributed by atoms with Gasteiger partial charge in [0.05, 0.1) is 18.8 Å². The van der Waals surface area contributed by atoms with Crippen molar-refractivity contribution in [3.63, 3.8) is 0 Å². The number of carbonyl (C=O) groups excluding carboxylic acids is 1. The highest BCUT2D eigenvalue weighted by molar-refractivity contribution is 5.76. The van der Waals surface area contributed by atoms with Crippen molar-refractivity contribution in [1.82, 2.24) is 5.32 Å². The van der Waals surface area contributed by atoms with Crippen molar-refractivity contribution in [2.24, 2.45) is 0 Å². The molecule has 3 N–H and O–H groups in total. The third-order valence-corrected chi connectivity index (χ3v) is 11.8. The van der Waals surface area contributed by atoms with Gasteiger partial charge in [-0.25, -0.2) is 0 Å². The number of rotatable bonds is 46. The second-order valence-electron chi connectivity index (χ2n) is 17.2. The molecule has 2 unspecified atom stereocenters. The first-order chi connectivity index (χ1) is 26.7. The fourth-order valence-corrected chi connectivity index (χ4v) is 7.95. The van der Waals surface area contributed by atoms with Crippen molar-refractivity contribution in [2.45, 2.75) is 296 Å². The Morgan fingerprint density at radius 3 is 0.963 bits per heavy atom. The summed E-state index contributed by atoms with van der Waals surface area (Å²) >= 11 is 0. The minimum Gasteiger partial charge on any atom is -0.394 e. The maximum Gasteiger partial charge on any atom is 0.220 e. The minimum absolute atomic E-state index is 0.0578.